The lowest BCUT2D eigenvalue weighted by atomic mass is 10.1. The summed E-state index contributed by atoms with van der Waals surface area (Å²) in [5.74, 6) is 1.37. The molecule has 1 aliphatic heterocycles. The van der Waals surface area contributed by atoms with Crippen LogP contribution in [0.2, 0.25) is 0 Å². The van der Waals surface area contributed by atoms with Crippen LogP contribution in [0.5, 0.6) is 5.75 Å². The molecule has 1 saturated heterocycles. The van der Waals surface area contributed by atoms with Crippen LogP contribution in [0.3, 0.4) is 0 Å². The molecular formula is C19H32N4O2. The van der Waals surface area contributed by atoms with Crippen molar-refractivity contribution in [3.63, 3.8) is 0 Å². The van der Waals surface area contributed by atoms with Crippen molar-refractivity contribution in [2.45, 2.75) is 38.8 Å². The predicted molar refractivity (Wildman–Crippen MR) is 102 cm³/mol. The summed E-state index contributed by atoms with van der Waals surface area (Å²) < 4.78 is 11.3. The molecule has 1 aromatic carbocycles. The number of benzene rings is 1. The molecule has 1 fully saturated rings. The molecule has 0 aromatic heterocycles. The van der Waals surface area contributed by atoms with Crippen LogP contribution in [0.15, 0.2) is 29.3 Å². The lowest BCUT2D eigenvalue weighted by molar-refractivity contribution is 0.0392. The van der Waals surface area contributed by atoms with Gasteiger partial charge in [0, 0.05) is 32.3 Å². The highest BCUT2D eigenvalue weighted by Crippen LogP contribution is 2.15. The molecule has 0 radical (unpaired) electrons. The summed E-state index contributed by atoms with van der Waals surface area (Å²) in [6, 6.07) is 8.66. The zero-order chi connectivity index (χ0) is 17.9. The normalized spacial score (nSPS) is 16.2. The molecule has 0 saturated carbocycles. The maximum absolute atomic E-state index is 5.91. The number of hydrogen-bond donors (Lipinski definition) is 2. The summed E-state index contributed by atoms with van der Waals surface area (Å²) >= 11 is 0. The molecular weight excluding hydrogens is 316 g/mol. The van der Waals surface area contributed by atoms with Crippen molar-refractivity contribution >= 4 is 5.96 Å². The first-order valence-electron chi connectivity index (χ1n) is 9.22. The van der Waals surface area contributed by atoms with E-state index >= 15 is 0 Å². The average molecular weight is 348 g/mol. The fourth-order valence-corrected chi connectivity index (χ4v) is 2.84. The van der Waals surface area contributed by atoms with Crippen LogP contribution in [0.4, 0.5) is 0 Å². The van der Waals surface area contributed by atoms with Crippen molar-refractivity contribution in [3.8, 4) is 5.75 Å². The van der Waals surface area contributed by atoms with Crippen LogP contribution in [0, 0.1) is 0 Å². The molecule has 3 N–H and O–H groups in total. The van der Waals surface area contributed by atoms with Crippen molar-refractivity contribution in [2.24, 2.45) is 10.7 Å². The molecule has 0 amide bonds. The molecule has 6 heteroatoms. The van der Waals surface area contributed by atoms with E-state index in [4.69, 9.17) is 15.2 Å². The summed E-state index contributed by atoms with van der Waals surface area (Å²) in [6.45, 7) is 6.84. The quantitative estimate of drug-likeness (QED) is 0.527. The summed E-state index contributed by atoms with van der Waals surface area (Å²) in [5.41, 5.74) is 6.92. The molecule has 1 aliphatic rings. The average Bonchev–Trinajstić information content (AvgIpc) is 2.65. The number of nitrogens with zero attached hydrogens (tertiary/aromatic N) is 2. The maximum Gasteiger partial charge on any atom is 0.188 e. The van der Waals surface area contributed by atoms with Gasteiger partial charge in [-0.25, -0.2) is 4.99 Å². The summed E-state index contributed by atoms with van der Waals surface area (Å²) in [7, 11) is 2.16. The van der Waals surface area contributed by atoms with Crippen LogP contribution in [0.25, 0.3) is 0 Å². The third-order valence-corrected chi connectivity index (χ3v) is 4.41. The van der Waals surface area contributed by atoms with Gasteiger partial charge in [-0.1, -0.05) is 19.1 Å². The Kier molecular flexibility index (Phi) is 8.55. The maximum atomic E-state index is 5.91. The van der Waals surface area contributed by atoms with Gasteiger partial charge in [0.1, 0.15) is 12.4 Å². The second-order valence-corrected chi connectivity index (χ2v) is 6.45. The minimum absolute atomic E-state index is 0.492. The minimum Gasteiger partial charge on any atom is -0.492 e. The first-order valence-corrected chi connectivity index (χ1v) is 9.22. The number of nitrogens with two attached hydrogens (primary N) is 1. The Morgan fingerprint density at radius 2 is 2.20 bits per heavy atom. The van der Waals surface area contributed by atoms with Gasteiger partial charge < -0.3 is 20.5 Å². The smallest absolute Gasteiger partial charge is 0.188 e. The summed E-state index contributed by atoms with van der Waals surface area (Å²) in [4.78, 5) is 6.72. The number of nitrogens with one attached hydrogen (secondary N) is 1. The van der Waals surface area contributed by atoms with Crippen LogP contribution in [0.1, 0.15) is 31.7 Å². The Morgan fingerprint density at radius 1 is 1.40 bits per heavy atom. The van der Waals surface area contributed by atoms with Crippen molar-refractivity contribution in [2.75, 3.05) is 40.0 Å². The largest absolute Gasteiger partial charge is 0.492 e. The van der Waals surface area contributed by atoms with Gasteiger partial charge in [0.05, 0.1) is 6.54 Å². The van der Waals surface area contributed by atoms with Crippen LogP contribution in [-0.2, 0) is 11.3 Å². The Morgan fingerprint density at radius 3 is 2.96 bits per heavy atom. The second kappa shape index (κ2) is 10.9. The van der Waals surface area contributed by atoms with Crippen molar-refractivity contribution < 1.29 is 9.47 Å². The highest BCUT2D eigenvalue weighted by Gasteiger charge is 2.17. The lowest BCUT2D eigenvalue weighted by Gasteiger charge is -2.31. The molecule has 0 atom stereocenters. The summed E-state index contributed by atoms with van der Waals surface area (Å²) in [6.07, 6.45) is 3.25. The molecule has 25 heavy (non-hydrogen) atoms. The van der Waals surface area contributed by atoms with Gasteiger partial charge in [-0.2, -0.15) is 0 Å². The molecule has 140 valence electrons. The molecule has 0 aliphatic carbocycles. The van der Waals surface area contributed by atoms with E-state index in [1.165, 1.54) is 0 Å². The van der Waals surface area contributed by atoms with Gasteiger partial charge in [0.25, 0.3) is 0 Å². The molecule has 1 heterocycles. The number of likely N-dealkylation sites (N-methyl/N-ethyl adjacent to an activating group) is 1. The lowest BCUT2D eigenvalue weighted by Crippen LogP contribution is -2.38. The van der Waals surface area contributed by atoms with Gasteiger partial charge in [-0.3, -0.25) is 4.90 Å². The fourth-order valence-electron chi connectivity index (χ4n) is 2.84. The predicted octanol–water partition coefficient (Wildman–Crippen LogP) is 1.99. The Bertz CT molecular complexity index is 530. The Hall–Kier alpha value is -1.79. The van der Waals surface area contributed by atoms with E-state index < -0.39 is 0 Å². The van der Waals surface area contributed by atoms with Gasteiger partial charge >= 0.3 is 0 Å². The molecule has 0 unspecified atom stereocenters. The first kappa shape index (κ1) is 19.5. The van der Waals surface area contributed by atoms with E-state index in [2.05, 4.69) is 29.2 Å². The van der Waals surface area contributed by atoms with Gasteiger partial charge in [0.15, 0.2) is 5.96 Å². The third kappa shape index (κ3) is 7.32. The highest BCUT2D eigenvalue weighted by molar-refractivity contribution is 5.77. The Balaban J connectivity index is 1.75. The van der Waals surface area contributed by atoms with Crippen molar-refractivity contribution in [1.29, 1.82) is 0 Å². The van der Waals surface area contributed by atoms with Crippen molar-refractivity contribution in [1.82, 2.24) is 10.2 Å². The van der Waals surface area contributed by atoms with E-state index in [0.29, 0.717) is 25.2 Å². The molecule has 0 bridgehead atoms. The van der Waals surface area contributed by atoms with E-state index in [1.807, 2.05) is 24.3 Å². The second-order valence-electron chi connectivity index (χ2n) is 6.45. The fraction of sp³-hybridized carbons (Fsp3) is 0.632. The number of aliphatic imine (C=N–C) groups is 1. The Labute approximate surface area is 151 Å². The SMILES string of the molecule is CCCNC(N)=NCc1cccc(OCCN(C)C2CCOCC2)c1. The third-order valence-electron chi connectivity index (χ3n) is 4.41. The number of rotatable bonds is 9. The van der Waals surface area contributed by atoms with E-state index in [1.54, 1.807) is 0 Å². The van der Waals surface area contributed by atoms with E-state index in [-0.39, 0.29) is 0 Å². The number of hydrogen-bond acceptors (Lipinski definition) is 4. The van der Waals surface area contributed by atoms with Gasteiger partial charge in [-0.15, -0.1) is 0 Å². The van der Waals surface area contributed by atoms with Crippen LogP contribution < -0.4 is 15.8 Å². The zero-order valence-corrected chi connectivity index (χ0v) is 15.5. The topological polar surface area (TPSA) is 72.1 Å². The van der Waals surface area contributed by atoms with Gasteiger partial charge in [-0.05, 0) is 44.0 Å². The molecule has 6 nitrogen and oxygen atoms in total. The van der Waals surface area contributed by atoms with Gasteiger partial charge in [0.2, 0.25) is 0 Å². The van der Waals surface area contributed by atoms with Crippen molar-refractivity contribution in [3.05, 3.63) is 29.8 Å². The van der Waals surface area contributed by atoms with Crippen LogP contribution in [-0.4, -0.2) is 56.9 Å². The standard InChI is InChI=1S/C19H32N4O2/c1-3-9-21-19(20)22-15-16-5-4-6-18(14-16)25-13-10-23(2)17-7-11-24-12-8-17/h4-6,14,17H,3,7-13,15H2,1-2H3,(H3,20,21,22). The number of guanidine groups is 1. The minimum atomic E-state index is 0.492. The number of ether oxygens (including phenoxy) is 2. The molecule has 0 spiro atoms. The highest BCUT2D eigenvalue weighted by atomic mass is 16.5. The first-order chi connectivity index (χ1) is 12.2. The molecule has 2 rings (SSSR count). The van der Waals surface area contributed by atoms with E-state index in [0.717, 1.165) is 56.9 Å². The van der Waals surface area contributed by atoms with Crippen LogP contribution >= 0.6 is 0 Å². The summed E-state index contributed by atoms with van der Waals surface area (Å²) in [5, 5.41) is 3.08. The van der Waals surface area contributed by atoms with E-state index in [9.17, 15) is 0 Å². The monoisotopic (exact) mass is 348 g/mol. The zero-order valence-electron chi connectivity index (χ0n) is 15.5. The molecule has 1 aromatic rings.